The number of fused-ring (bicyclic) bond motifs is 1. The van der Waals surface area contributed by atoms with Gasteiger partial charge in [-0.05, 0) is 42.5 Å². The molecule has 0 bridgehead atoms. The van der Waals surface area contributed by atoms with E-state index in [1.807, 2.05) is 0 Å². The van der Waals surface area contributed by atoms with E-state index in [0.717, 1.165) is 6.20 Å². The van der Waals surface area contributed by atoms with E-state index in [4.69, 9.17) is 9.47 Å². The number of pyridine rings is 1. The number of halogens is 1. The predicted octanol–water partition coefficient (Wildman–Crippen LogP) is 3.93. The molecule has 0 aliphatic carbocycles. The molecule has 2 aromatic carbocycles. The van der Waals surface area contributed by atoms with Crippen LogP contribution in [0.25, 0.3) is 10.9 Å². The summed E-state index contributed by atoms with van der Waals surface area (Å²) in [6.45, 7) is -0.390. The lowest BCUT2D eigenvalue weighted by Crippen LogP contribution is -2.20. The highest BCUT2D eigenvalue weighted by Crippen LogP contribution is 2.35. The van der Waals surface area contributed by atoms with E-state index in [-0.39, 0.29) is 11.4 Å². The summed E-state index contributed by atoms with van der Waals surface area (Å²) in [5.41, 5.74) is 0.772. The van der Waals surface area contributed by atoms with Gasteiger partial charge in [-0.25, -0.2) is 4.98 Å². The highest BCUT2D eigenvalue weighted by molar-refractivity contribution is 9.10. The van der Waals surface area contributed by atoms with Crippen LogP contribution in [0, 0.1) is 10.1 Å². The van der Waals surface area contributed by atoms with E-state index in [9.17, 15) is 14.9 Å². The maximum Gasteiger partial charge on any atom is 0.329 e. The fourth-order valence-corrected chi connectivity index (χ4v) is 2.78. The van der Waals surface area contributed by atoms with E-state index in [2.05, 4.69) is 26.2 Å². The van der Waals surface area contributed by atoms with E-state index >= 15 is 0 Å². The Balaban J connectivity index is 1.80. The molecular formula is C18H14BrN3O5. The average molecular weight is 432 g/mol. The molecule has 138 valence electrons. The normalized spacial score (nSPS) is 10.4. The Bertz CT molecular complexity index is 1010. The van der Waals surface area contributed by atoms with Gasteiger partial charge in [0.1, 0.15) is 11.9 Å². The summed E-state index contributed by atoms with van der Waals surface area (Å²) in [5.74, 6) is 0.208. The van der Waals surface area contributed by atoms with Gasteiger partial charge in [0, 0.05) is 10.2 Å². The molecule has 9 heteroatoms. The molecule has 3 aromatic rings. The summed E-state index contributed by atoms with van der Waals surface area (Å²) in [5, 5.41) is 14.4. The zero-order valence-electron chi connectivity index (χ0n) is 14.1. The largest absolute Gasteiger partial charge is 0.497 e. The minimum Gasteiger partial charge on any atom is -0.497 e. The Morgan fingerprint density at radius 1 is 1.26 bits per heavy atom. The summed E-state index contributed by atoms with van der Waals surface area (Å²) < 4.78 is 11.3. The molecule has 0 saturated heterocycles. The van der Waals surface area contributed by atoms with Gasteiger partial charge in [-0.3, -0.25) is 14.9 Å². The molecule has 1 heterocycles. The number of carbonyl (C=O) groups excluding carboxylic acids is 1. The molecule has 0 saturated carbocycles. The van der Waals surface area contributed by atoms with Crippen LogP contribution in [0.4, 0.5) is 11.4 Å². The van der Waals surface area contributed by atoms with Gasteiger partial charge in [-0.1, -0.05) is 15.9 Å². The Labute approximate surface area is 162 Å². The maximum absolute atomic E-state index is 12.2. The number of nitrogens with one attached hydrogen (secondary N) is 1. The third-order valence-corrected chi connectivity index (χ3v) is 4.17. The van der Waals surface area contributed by atoms with E-state index < -0.39 is 17.4 Å². The summed E-state index contributed by atoms with van der Waals surface area (Å²) in [7, 11) is 1.55. The van der Waals surface area contributed by atoms with Crippen LogP contribution >= 0.6 is 15.9 Å². The first-order valence-electron chi connectivity index (χ1n) is 7.77. The number of amides is 1. The minimum absolute atomic E-state index is 0.00354. The highest BCUT2D eigenvalue weighted by atomic mass is 79.9. The lowest BCUT2D eigenvalue weighted by Gasteiger charge is -2.10. The molecule has 8 nitrogen and oxygen atoms in total. The summed E-state index contributed by atoms with van der Waals surface area (Å²) >= 11 is 3.32. The number of hydrogen-bond donors (Lipinski definition) is 1. The molecular weight excluding hydrogens is 418 g/mol. The van der Waals surface area contributed by atoms with Crippen LogP contribution < -0.4 is 14.8 Å². The molecule has 27 heavy (non-hydrogen) atoms. The van der Waals surface area contributed by atoms with Crippen molar-refractivity contribution < 1.29 is 19.2 Å². The van der Waals surface area contributed by atoms with Crippen LogP contribution in [-0.2, 0) is 4.79 Å². The predicted molar refractivity (Wildman–Crippen MR) is 103 cm³/mol. The van der Waals surface area contributed by atoms with Crippen molar-refractivity contribution in [3.05, 3.63) is 63.2 Å². The first kappa shape index (κ1) is 18.6. The van der Waals surface area contributed by atoms with Crippen molar-refractivity contribution in [1.82, 2.24) is 4.98 Å². The van der Waals surface area contributed by atoms with Gasteiger partial charge in [0.15, 0.2) is 6.61 Å². The number of hydrogen-bond acceptors (Lipinski definition) is 6. The van der Waals surface area contributed by atoms with Crippen LogP contribution in [0.1, 0.15) is 0 Å². The molecule has 1 aromatic heterocycles. The Hall–Kier alpha value is -3.20. The Morgan fingerprint density at radius 2 is 2.00 bits per heavy atom. The third-order valence-electron chi connectivity index (χ3n) is 3.68. The average Bonchev–Trinajstić information content (AvgIpc) is 2.66. The number of methoxy groups -OCH3 is 1. The van der Waals surface area contributed by atoms with E-state index in [1.54, 1.807) is 49.6 Å². The maximum atomic E-state index is 12.2. The first-order valence-corrected chi connectivity index (χ1v) is 8.56. The van der Waals surface area contributed by atoms with Crippen molar-refractivity contribution in [2.45, 2.75) is 0 Å². The molecule has 0 fully saturated rings. The van der Waals surface area contributed by atoms with Crippen LogP contribution in [0.15, 0.2) is 53.1 Å². The van der Waals surface area contributed by atoms with Gasteiger partial charge < -0.3 is 14.8 Å². The van der Waals surface area contributed by atoms with Gasteiger partial charge in [0.05, 0.1) is 22.9 Å². The fourth-order valence-electron chi connectivity index (χ4n) is 2.42. The number of nitro groups is 1. The van der Waals surface area contributed by atoms with Gasteiger partial charge >= 0.3 is 5.69 Å². The fraction of sp³-hybridized carbons (Fsp3) is 0.111. The minimum atomic E-state index is -0.593. The molecule has 0 spiro atoms. The summed E-state index contributed by atoms with van der Waals surface area (Å²) in [6.07, 6.45) is 1.12. The molecule has 0 unspecified atom stereocenters. The summed E-state index contributed by atoms with van der Waals surface area (Å²) in [6, 6.07) is 11.9. The zero-order chi connectivity index (χ0) is 19.4. The van der Waals surface area contributed by atoms with Gasteiger partial charge in [0.2, 0.25) is 5.75 Å². The highest BCUT2D eigenvalue weighted by Gasteiger charge is 2.21. The molecule has 1 amide bonds. The number of rotatable bonds is 6. The van der Waals surface area contributed by atoms with E-state index in [1.165, 1.54) is 0 Å². The van der Waals surface area contributed by atoms with Crippen LogP contribution in [-0.4, -0.2) is 29.5 Å². The van der Waals surface area contributed by atoms with Gasteiger partial charge in [0.25, 0.3) is 5.91 Å². The van der Waals surface area contributed by atoms with Crippen molar-refractivity contribution in [1.29, 1.82) is 0 Å². The smallest absolute Gasteiger partial charge is 0.329 e. The first-order chi connectivity index (χ1) is 13.0. The number of ether oxygens (including phenoxy) is 2. The molecule has 0 radical (unpaired) electrons. The van der Waals surface area contributed by atoms with Crippen LogP contribution in [0.5, 0.6) is 11.5 Å². The second-order valence-electron chi connectivity index (χ2n) is 5.46. The quantitative estimate of drug-likeness (QED) is 0.468. The van der Waals surface area contributed by atoms with Crippen LogP contribution in [0.3, 0.4) is 0 Å². The number of nitrogens with zero attached hydrogens (tertiary/aromatic N) is 2. The van der Waals surface area contributed by atoms with Crippen molar-refractivity contribution in [3.8, 4) is 11.5 Å². The molecule has 1 N–H and O–H groups in total. The van der Waals surface area contributed by atoms with Gasteiger partial charge in [-0.2, -0.15) is 0 Å². The standard InChI is InChI=1S/C18H14BrN3O5/c1-26-13-5-3-12(4-6-13)21-17(23)10-27-18-14-8-11(19)2-7-15(14)20-9-16(18)22(24)25/h2-9H,10H2,1H3,(H,21,23). The van der Waals surface area contributed by atoms with Crippen molar-refractivity contribution in [2.75, 3.05) is 19.0 Å². The summed E-state index contributed by atoms with van der Waals surface area (Å²) in [4.78, 5) is 26.9. The molecule has 0 atom stereocenters. The number of benzene rings is 2. The Kier molecular flexibility index (Phi) is 5.51. The van der Waals surface area contributed by atoms with Crippen molar-refractivity contribution in [2.24, 2.45) is 0 Å². The van der Waals surface area contributed by atoms with Crippen molar-refractivity contribution in [3.63, 3.8) is 0 Å². The lowest BCUT2D eigenvalue weighted by molar-refractivity contribution is -0.386. The SMILES string of the molecule is COc1ccc(NC(=O)COc2c([N+](=O)[O-])cnc3ccc(Br)cc23)cc1. The van der Waals surface area contributed by atoms with Crippen LogP contribution in [0.2, 0.25) is 0 Å². The zero-order valence-corrected chi connectivity index (χ0v) is 15.7. The van der Waals surface area contributed by atoms with Gasteiger partial charge in [-0.15, -0.1) is 0 Å². The molecule has 3 rings (SSSR count). The Morgan fingerprint density at radius 3 is 2.67 bits per heavy atom. The number of carbonyl (C=O) groups is 1. The van der Waals surface area contributed by atoms with Crippen molar-refractivity contribution >= 4 is 44.1 Å². The molecule has 0 aliphatic heterocycles. The molecule has 0 aliphatic rings. The second kappa shape index (κ2) is 8.00. The third kappa shape index (κ3) is 4.32. The lowest BCUT2D eigenvalue weighted by atomic mass is 10.2. The topological polar surface area (TPSA) is 104 Å². The monoisotopic (exact) mass is 431 g/mol. The number of anilines is 1. The second-order valence-corrected chi connectivity index (χ2v) is 6.37. The number of aromatic nitrogens is 1. The van der Waals surface area contributed by atoms with E-state index in [0.29, 0.717) is 26.8 Å².